The van der Waals surface area contributed by atoms with Crippen LogP contribution >= 0.6 is 34.8 Å². The lowest BCUT2D eigenvalue weighted by Gasteiger charge is -2.09. The molecule has 1 aromatic heterocycles. The second-order valence-electron chi connectivity index (χ2n) is 5.66. The Hall–Kier alpha value is -2.27. The van der Waals surface area contributed by atoms with Gasteiger partial charge in [-0.05, 0) is 37.3 Å². The highest BCUT2D eigenvalue weighted by atomic mass is 35.5. The molecule has 2 aromatic carbocycles. The van der Waals surface area contributed by atoms with Crippen LogP contribution in [0.1, 0.15) is 16.2 Å². The zero-order chi connectivity index (χ0) is 21.5. The summed E-state index contributed by atoms with van der Waals surface area (Å²) in [6.07, 6.45) is 0. The molecule has 152 valence electrons. The highest BCUT2D eigenvalue weighted by Crippen LogP contribution is 2.31. The van der Waals surface area contributed by atoms with Gasteiger partial charge in [0.15, 0.2) is 5.69 Å². The quantitative estimate of drug-likeness (QED) is 0.570. The van der Waals surface area contributed by atoms with Crippen LogP contribution in [0.5, 0.6) is 0 Å². The molecule has 0 aliphatic heterocycles. The third-order valence-corrected chi connectivity index (χ3v) is 6.11. The number of hydrogen-bond donors (Lipinski definition) is 1. The van der Waals surface area contributed by atoms with Gasteiger partial charge in [-0.15, -0.1) is 5.10 Å². The van der Waals surface area contributed by atoms with Crippen molar-refractivity contribution in [3.63, 3.8) is 0 Å². The Morgan fingerprint density at radius 3 is 2.41 bits per heavy atom. The Labute approximate surface area is 178 Å². The van der Waals surface area contributed by atoms with Crippen LogP contribution in [-0.4, -0.2) is 29.3 Å². The number of hydrogen-bond acceptors (Lipinski definition) is 5. The largest absolute Gasteiger partial charge is 0.287 e. The normalized spacial score (nSPS) is 11.5. The lowest BCUT2D eigenvalue weighted by molar-refractivity contribution is 0.0976. The molecule has 1 N–H and O–H groups in total. The van der Waals surface area contributed by atoms with Gasteiger partial charge < -0.3 is 0 Å². The van der Waals surface area contributed by atoms with E-state index in [0.29, 0.717) is 12.1 Å². The number of aromatic nitrogens is 3. The van der Waals surface area contributed by atoms with Crippen LogP contribution in [0.25, 0.3) is 5.69 Å². The summed E-state index contributed by atoms with van der Waals surface area (Å²) in [5.41, 5.74) is -0.0330. The van der Waals surface area contributed by atoms with Crippen molar-refractivity contribution in [2.24, 2.45) is 0 Å². The van der Waals surface area contributed by atoms with E-state index >= 15 is 0 Å². The molecule has 0 atom stereocenters. The topological polar surface area (TPSA) is 93.9 Å². The van der Waals surface area contributed by atoms with E-state index < -0.39 is 32.5 Å². The monoisotopic (exact) mass is 480 g/mol. The van der Waals surface area contributed by atoms with Crippen molar-refractivity contribution in [1.82, 2.24) is 19.7 Å². The molecule has 0 aliphatic carbocycles. The minimum Gasteiger partial charge on any atom is -0.266 e. The van der Waals surface area contributed by atoms with Gasteiger partial charge in [0.2, 0.25) is 0 Å². The summed E-state index contributed by atoms with van der Waals surface area (Å²) in [5.74, 6) is -3.42. The van der Waals surface area contributed by atoms with Gasteiger partial charge in [0.1, 0.15) is 16.5 Å². The second kappa shape index (κ2) is 7.86. The van der Waals surface area contributed by atoms with Crippen molar-refractivity contribution in [3.8, 4) is 5.69 Å². The Bertz CT molecular complexity index is 1250. The molecule has 0 aliphatic rings. The minimum absolute atomic E-state index is 0.109. The fourth-order valence-electron chi connectivity index (χ4n) is 2.35. The van der Waals surface area contributed by atoms with Crippen LogP contribution in [0.15, 0.2) is 35.2 Å². The summed E-state index contributed by atoms with van der Waals surface area (Å²) >= 11 is 17.9. The Balaban J connectivity index is 1.96. The Kier molecular flexibility index (Phi) is 5.81. The molecule has 0 unspecified atom stereocenters. The fourth-order valence-corrected chi connectivity index (χ4v) is 4.01. The van der Waals surface area contributed by atoms with Gasteiger partial charge in [-0.25, -0.2) is 26.6 Å². The van der Waals surface area contributed by atoms with E-state index in [-0.39, 0.29) is 32.1 Å². The molecule has 0 saturated heterocycles. The van der Waals surface area contributed by atoms with Crippen LogP contribution in [0.3, 0.4) is 0 Å². The van der Waals surface area contributed by atoms with Crippen LogP contribution in [0.4, 0.5) is 8.78 Å². The molecule has 0 radical (unpaired) electrons. The summed E-state index contributed by atoms with van der Waals surface area (Å²) in [7, 11) is -4.71. The summed E-state index contributed by atoms with van der Waals surface area (Å²) in [4.78, 5) is 11.4. The third-order valence-electron chi connectivity index (χ3n) is 3.74. The standard InChI is InChI=1S/C16H9Cl3F2N4O3S/c1-7-15(22-24-25(7)13-6-10(18)9(17)5-11(13)19)16(26)23-29(27,28)14-4-8(20)2-3-12(14)21/h2-6H,1H3,(H,23,26). The number of benzene rings is 2. The highest BCUT2D eigenvalue weighted by Gasteiger charge is 2.27. The molecule has 0 saturated carbocycles. The molecule has 0 spiro atoms. The molecule has 7 nitrogen and oxygen atoms in total. The molecule has 1 amide bonds. The number of rotatable bonds is 4. The lowest BCUT2D eigenvalue weighted by atomic mass is 10.3. The van der Waals surface area contributed by atoms with Crippen molar-refractivity contribution < 1.29 is 22.0 Å². The van der Waals surface area contributed by atoms with Gasteiger partial charge in [0.05, 0.1) is 26.4 Å². The van der Waals surface area contributed by atoms with E-state index in [0.717, 1.165) is 10.7 Å². The van der Waals surface area contributed by atoms with E-state index in [1.165, 1.54) is 19.1 Å². The van der Waals surface area contributed by atoms with E-state index in [2.05, 4.69) is 10.3 Å². The SMILES string of the molecule is Cc1c(C(=O)NS(=O)(=O)c2cc(F)ccc2F)nnn1-c1cc(Cl)c(Cl)cc1Cl. The summed E-state index contributed by atoms with van der Waals surface area (Å²) in [6, 6.07) is 4.56. The molecule has 0 bridgehead atoms. The second-order valence-corrected chi connectivity index (χ2v) is 8.53. The van der Waals surface area contributed by atoms with Crippen molar-refractivity contribution in [2.45, 2.75) is 11.8 Å². The predicted octanol–water partition coefficient (Wildman–Crippen LogP) is 3.93. The molecule has 3 aromatic rings. The number of halogens is 5. The molecule has 3 rings (SSSR count). The predicted molar refractivity (Wildman–Crippen MR) is 102 cm³/mol. The van der Waals surface area contributed by atoms with Gasteiger partial charge in [0, 0.05) is 0 Å². The molecular weight excluding hydrogens is 473 g/mol. The van der Waals surface area contributed by atoms with Crippen LogP contribution in [-0.2, 0) is 10.0 Å². The number of carbonyl (C=O) groups is 1. The first kappa shape index (κ1) is 21.4. The van der Waals surface area contributed by atoms with Crippen molar-refractivity contribution in [3.05, 3.63) is 68.4 Å². The van der Waals surface area contributed by atoms with Gasteiger partial charge >= 0.3 is 0 Å². The molecular formula is C16H9Cl3F2N4O3S. The summed E-state index contributed by atoms with van der Waals surface area (Å²) < 4.78 is 54.4. The lowest BCUT2D eigenvalue weighted by Crippen LogP contribution is -2.32. The average Bonchev–Trinajstić information content (AvgIpc) is 3.01. The van der Waals surface area contributed by atoms with Crippen molar-refractivity contribution in [2.75, 3.05) is 0 Å². The third kappa shape index (κ3) is 4.20. The van der Waals surface area contributed by atoms with Gasteiger partial charge in [0.25, 0.3) is 15.9 Å². The molecule has 0 fully saturated rings. The number of carbonyl (C=O) groups excluding carboxylic acids is 1. The van der Waals surface area contributed by atoms with E-state index in [4.69, 9.17) is 34.8 Å². The summed E-state index contributed by atoms with van der Waals surface area (Å²) in [5, 5.41) is 7.90. The van der Waals surface area contributed by atoms with Gasteiger partial charge in [-0.2, -0.15) is 0 Å². The van der Waals surface area contributed by atoms with Gasteiger partial charge in [-0.3, -0.25) is 4.79 Å². The fraction of sp³-hybridized carbons (Fsp3) is 0.0625. The van der Waals surface area contributed by atoms with Crippen LogP contribution < -0.4 is 4.72 Å². The van der Waals surface area contributed by atoms with Crippen molar-refractivity contribution in [1.29, 1.82) is 0 Å². The first-order chi connectivity index (χ1) is 13.5. The maximum absolute atomic E-state index is 13.8. The summed E-state index contributed by atoms with van der Waals surface area (Å²) in [6.45, 7) is 1.42. The van der Waals surface area contributed by atoms with E-state index in [1.807, 2.05) is 0 Å². The highest BCUT2D eigenvalue weighted by molar-refractivity contribution is 7.90. The number of sulfonamides is 1. The van der Waals surface area contributed by atoms with E-state index in [1.54, 1.807) is 4.72 Å². The maximum Gasteiger partial charge on any atom is 0.287 e. The molecule has 1 heterocycles. The Morgan fingerprint density at radius 2 is 1.72 bits per heavy atom. The number of nitrogens with one attached hydrogen (secondary N) is 1. The zero-order valence-corrected chi connectivity index (χ0v) is 17.3. The van der Waals surface area contributed by atoms with Crippen molar-refractivity contribution >= 4 is 50.7 Å². The smallest absolute Gasteiger partial charge is 0.266 e. The van der Waals surface area contributed by atoms with Gasteiger partial charge in [-0.1, -0.05) is 40.0 Å². The first-order valence-corrected chi connectivity index (χ1v) is 10.2. The first-order valence-electron chi connectivity index (χ1n) is 7.60. The molecule has 13 heteroatoms. The zero-order valence-electron chi connectivity index (χ0n) is 14.3. The minimum atomic E-state index is -4.71. The van der Waals surface area contributed by atoms with Crippen LogP contribution in [0, 0.1) is 18.6 Å². The van der Waals surface area contributed by atoms with Crippen LogP contribution in [0.2, 0.25) is 15.1 Å². The number of amides is 1. The number of nitrogens with zero attached hydrogens (tertiary/aromatic N) is 3. The molecule has 29 heavy (non-hydrogen) atoms. The van der Waals surface area contributed by atoms with E-state index in [9.17, 15) is 22.0 Å². The average molecular weight is 482 g/mol. The Morgan fingerprint density at radius 1 is 1.07 bits per heavy atom. The maximum atomic E-state index is 13.8.